The number of phenolic OH excluding ortho intramolecular Hbond substituents is 1. The zero-order valence-electron chi connectivity index (χ0n) is 15.0. The van der Waals surface area contributed by atoms with Gasteiger partial charge in [0.2, 0.25) is 0 Å². The van der Waals surface area contributed by atoms with E-state index in [0.717, 1.165) is 30.5 Å². The van der Waals surface area contributed by atoms with Gasteiger partial charge in [-0.15, -0.1) is 24.0 Å². The van der Waals surface area contributed by atoms with Crippen LogP contribution in [0.25, 0.3) is 0 Å². The summed E-state index contributed by atoms with van der Waals surface area (Å²) in [5, 5.41) is 12.9. The standard InChI is InChI=1S/C20H25N3O2.HI/c1-25-19-13-14(9-10-18(19)24)11-12-22-20(21)23-17-8-4-6-15-5-2-3-7-16(15)17;/h4,6,8-10,13,24H,2-3,5,7,11-12H2,1H3,(H3,21,22,23);1H. The summed E-state index contributed by atoms with van der Waals surface area (Å²) >= 11 is 0. The van der Waals surface area contributed by atoms with E-state index in [0.29, 0.717) is 18.3 Å². The number of benzene rings is 2. The van der Waals surface area contributed by atoms with Crippen LogP contribution in [0.2, 0.25) is 0 Å². The maximum Gasteiger partial charge on any atom is 0.193 e. The van der Waals surface area contributed by atoms with Gasteiger partial charge in [-0.1, -0.05) is 18.2 Å². The van der Waals surface area contributed by atoms with Crippen molar-refractivity contribution < 1.29 is 9.84 Å². The van der Waals surface area contributed by atoms with Crippen molar-refractivity contribution in [3.8, 4) is 11.5 Å². The summed E-state index contributed by atoms with van der Waals surface area (Å²) in [5.41, 5.74) is 11.0. The Morgan fingerprint density at radius 3 is 2.85 bits per heavy atom. The van der Waals surface area contributed by atoms with Crippen LogP contribution in [0.15, 0.2) is 41.4 Å². The van der Waals surface area contributed by atoms with Gasteiger partial charge < -0.3 is 20.9 Å². The van der Waals surface area contributed by atoms with Crippen LogP contribution in [-0.2, 0) is 19.3 Å². The number of halogens is 1. The molecule has 0 heterocycles. The molecule has 1 aliphatic carbocycles. The SMILES string of the molecule is COc1cc(CCN=C(N)Nc2cccc3c2CCCC3)ccc1O.I. The van der Waals surface area contributed by atoms with Gasteiger partial charge in [0.05, 0.1) is 7.11 Å². The van der Waals surface area contributed by atoms with E-state index in [1.807, 2.05) is 12.1 Å². The topological polar surface area (TPSA) is 79.9 Å². The molecule has 0 saturated carbocycles. The van der Waals surface area contributed by atoms with E-state index in [-0.39, 0.29) is 29.7 Å². The number of nitrogens with zero attached hydrogens (tertiary/aromatic N) is 1. The van der Waals surface area contributed by atoms with Crippen molar-refractivity contribution in [3.05, 3.63) is 53.1 Å². The van der Waals surface area contributed by atoms with Crippen molar-refractivity contribution >= 4 is 35.6 Å². The summed E-state index contributed by atoms with van der Waals surface area (Å²) < 4.78 is 5.12. The molecule has 26 heavy (non-hydrogen) atoms. The van der Waals surface area contributed by atoms with Crippen LogP contribution in [0.1, 0.15) is 29.5 Å². The molecule has 2 aromatic carbocycles. The minimum atomic E-state index is 0. The monoisotopic (exact) mass is 467 g/mol. The van der Waals surface area contributed by atoms with E-state index in [1.54, 1.807) is 13.2 Å². The molecular formula is C20H26IN3O2. The molecule has 0 saturated heterocycles. The Morgan fingerprint density at radius 2 is 2.04 bits per heavy atom. The molecule has 0 atom stereocenters. The van der Waals surface area contributed by atoms with Crippen molar-refractivity contribution in [2.24, 2.45) is 10.7 Å². The number of fused-ring (bicyclic) bond motifs is 1. The number of nitrogens with two attached hydrogens (primary N) is 1. The molecule has 5 nitrogen and oxygen atoms in total. The minimum Gasteiger partial charge on any atom is -0.504 e. The average molecular weight is 467 g/mol. The largest absolute Gasteiger partial charge is 0.504 e. The fraction of sp³-hybridized carbons (Fsp3) is 0.350. The van der Waals surface area contributed by atoms with Gasteiger partial charge in [-0.25, -0.2) is 0 Å². The minimum absolute atomic E-state index is 0. The first-order chi connectivity index (χ1) is 12.2. The number of hydrogen-bond acceptors (Lipinski definition) is 3. The lowest BCUT2D eigenvalue weighted by atomic mass is 9.90. The fourth-order valence-corrected chi connectivity index (χ4v) is 3.26. The van der Waals surface area contributed by atoms with Crippen LogP contribution < -0.4 is 15.8 Å². The van der Waals surface area contributed by atoms with Gasteiger partial charge in [0.25, 0.3) is 0 Å². The van der Waals surface area contributed by atoms with E-state index in [9.17, 15) is 5.11 Å². The first-order valence-corrected chi connectivity index (χ1v) is 8.71. The third kappa shape index (κ3) is 5.03. The molecule has 6 heteroatoms. The van der Waals surface area contributed by atoms with Gasteiger partial charge >= 0.3 is 0 Å². The van der Waals surface area contributed by atoms with E-state index in [1.165, 1.54) is 24.0 Å². The van der Waals surface area contributed by atoms with Crippen molar-refractivity contribution in [1.82, 2.24) is 0 Å². The fourth-order valence-electron chi connectivity index (χ4n) is 3.26. The van der Waals surface area contributed by atoms with Gasteiger partial charge in [0.15, 0.2) is 17.5 Å². The highest BCUT2D eigenvalue weighted by molar-refractivity contribution is 14.0. The van der Waals surface area contributed by atoms with Crippen molar-refractivity contribution in [2.75, 3.05) is 19.0 Å². The van der Waals surface area contributed by atoms with Crippen LogP contribution in [0, 0.1) is 0 Å². The summed E-state index contributed by atoms with van der Waals surface area (Å²) in [6.45, 7) is 0.571. The Labute approximate surface area is 171 Å². The van der Waals surface area contributed by atoms with Gasteiger partial charge in [0, 0.05) is 12.2 Å². The van der Waals surface area contributed by atoms with Crippen LogP contribution in [-0.4, -0.2) is 24.7 Å². The molecule has 140 valence electrons. The Hall–Kier alpha value is -1.96. The predicted octanol–water partition coefficient (Wildman–Crippen LogP) is 3.87. The van der Waals surface area contributed by atoms with E-state index >= 15 is 0 Å². The van der Waals surface area contributed by atoms with Crippen LogP contribution in [0.3, 0.4) is 0 Å². The second kappa shape index (κ2) is 9.66. The van der Waals surface area contributed by atoms with Crippen LogP contribution >= 0.6 is 24.0 Å². The molecule has 2 aromatic rings. The highest BCUT2D eigenvalue weighted by atomic mass is 127. The van der Waals surface area contributed by atoms with Gasteiger partial charge in [-0.3, -0.25) is 4.99 Å². The summed E-state index contributed by atoms with van der Waals surface area (Å²) in [6.07, 6.45) is 5.46. The maximum absolute atomic E-state index is 9.63. The van der Waals surface area contributed by atoms with Gasteiger partial charge in [0.1, 0.15) is 0 Å². The molecule has 0 fully saturated rings. The second-order valence-electron chi connectivity index (χ2n) is 6.30. The second-order valence-corrected chi connectivity index (χ2v) is 6.30. The third-order valence-corrected chi connectivity index (χ3v) is 4.59. The van der Waals surface area contributed by atoms with E-state index in [4.69, 9.17) is 10.5 Å². The lowest BCUT2D eigenvalue weighted by molar-refractivity contribution is 0.373. The molecule has 0 aromatic heterocycles. The van der Waals surface area contributed by atoms with E-state index < -0.39 is 0 Å². The number of aliphatic imine (C=N–C) groups is 1. The molecule has 0 bridgehead atoms. The highest BCUT2D eigenvalue weighted by Gasteiger charge is 2.13. The van der Waals surface area contributed by atoms with Gasteiger partial charge in [-0.05, 0) is 67.0 Å². The Morgan fingerprint density at radius 1 is 1.23 bits per heavy atom. The number of ether oxygens (including phenoxy) is 1. The summed E-state index contributed by atoms with van der Waals surface area (Å²) in [7, 11) is 1.54. The molecule has 0 radical (unpaired) electrons. The molecule has 0 unspecified atom stereocenters. The normalized spacial score (nSPS) is 13.5. The van der Waals surface area contributed by atoms with Crippen molar-refractivity contribution in [1.29, 1.82) is 0 Å². The van der Waals surface area contributed by atoms with Crippen LogP contribution in [0.5, 0.6) is 11.5 Å². The number of methoxy groups -OCH3 is 1. The zero-order chi connectivity index (χ0) is 17.6. The number of aryl methyl sites for hydroxylation is 1. The number of guanidine groups is 1. The smallest absolute Gasteiger partial charge is 0.193 e. The summed E-state index contributed by atoms with van der Waals surface area (Å²) in [4.78, 5) is 4.42. The highest BCUT2D eigenvalue weighted by Crippen LogP contribution is 2.28. The van der Waals surface area contributed by atoms with Crippen LogP contribution in [0.4, 0.5) is 5.69 Å². The first kappa shape index (κ1) is 20.4. The first-order valence-electron chi connectivity index (χ1n) is 8.71. The lowest BCUT2D eigenvalue weighted by Gasteiger charge is -2.19. The Bertz CT molecular complexity index is 778. The van der Waals surface area contributed by atoms with Crippen molar-refractivity contribution in [2.45, 2.75) is 32.1 Å². The molecule has 0 spiro atoms. The zero-order valence-corrected chi connectivity index (χ0v) is 17.3. The number of phenols is 1. The molecule has 0 amide bonds. The molecular weight excluding hydrogens is 441 g/mol. The van der Waals surface area contributed by atoms with E-state index in [2.05, 4.69) is 28.5 Å². The maximum atomic E-state index is 9.63. The molecule has 1 aliphatic rings. The third-order valence-electron chi connectivity index (χ3n) is 4.59. The number of anilines is 1. The number of nitrogens with one attached hydrogen (secondary N) is 1. The average Bonchev–Trinajstić information content (AvgIpc) is 2.63. The molecule has 3 rings (SSSR count). The molecule has 0 aliphatic heterocycles. The summed E-state index contributed by atoms with van der Waals surface area (Å²) in [5.74, 6) is 1.05. The van der Waals surface area contributed by atoms with Gasteiger partial charge in [-0.2, -0.15) is 0 Å². The number of hydrogen-bond donors (Lipinski definition) is 3. The Balaban J connectivity index is 0.00000243. The Kier molecular flexibility index (Phi) is 7.56. The van der Waals surface area contributed by atoms with Crippen molar-refractivity contribution in [3.63, 3.8) is 0 Å². The number of rotatable bonds is 5. The number of aromatic hydroxyl groups is 1. The molecule has 4 N–H and O–H groups in total. The lowest BCUT2D eigenvalue weighted by Crippen LogP contribution is -2.24. The summed E-state index contributed by atoms with van der Waals surface area (Å²) in [6, 6.07) is 11.7. The quantitative estimate of drug-likeness (QED) is 0.355. The predicted molar refractivity (Wildman–Crippen MR) is 117 cm³/mol.